The molecule has 16 heavy (non-hydrogen) atoms. The molecule has 0 amide bonds. The van der Waals surface area contributed by atoms with Gasteiger partial charge in [0, 0.05) is 18.4 Å². The molecular weight excluding hydrogens is 272 g/mol. The Bertz CT molecular complexity index is 575. The molecular formula is C11H11BrN2O2. The van der Waals surface area contributed by atoms with Gasteiger partial charge in [0.2, 0.25) is 0 Å². The predicted octanol–water partition coefficient (Wildman–Crippen LogP) is 2.55. The number of ketones is 1. The number of hydrogen-bond acceptors (Lipinski definition) is 3. The molecule has 0 spiro atoms. The number of carbonyl (C=O) groups is 1. The number of aromatic nitrogens is 2. The fourth-order valence-corrected chi connectivity index (χ4v) is 2.32. The number of carbonyl (C=O) groups excluding carboxylic acids is 1. The highest BCUT2D eigenvalue weighted by atomic mass is 79.9. The molecule has 0 atom stereocenters. The van der Waals surface area contributed by atoms with Gasteiger partial charge >= 0.3 is 0 Å². The molecule has 2 rings (SSSR count). The Morgan fingerprint density at radius 3 is 2.75 bits per heavy atom. The SMILES string of the molecule is COc1ccc(Br)c2c1nc(C(C)=O)n2C. The van der Waals surface area contributed by atoms with Crippen LogP contribution in [-0.4, -0.2) is 22.4 Å². The largest absolute Gasteiger partial charge is 0.494 e. The Morgan fingerprint density at radius 1 is 1.50 bits per heavy atom. The van der Waals surface area contributed by atoms with Crippen LogP contribution in [0.4, 0.5) is 0 Å². The Labute approximate surface area is 101 Å². The third-order valence-electron chi connectivity index (χ3n) is 2.47. The molecule has 1 aromatic heterocycles. The van der Waals surface area contributed by atoms with Crippen LogP contribution in [0.25, 0.3) is 11.0 Å². The van der Waals surface area contributed by atoms with E-state index in [1.54, 1.807) is 11.7 Å². The van der Waals surface area contributed by atoms with Crippen molar-refractivity contribution in [3.63, 3.8) is 0 Å². The summed E-state index contributed by atoms with van der Waals surface area (Å²) in [5, 5.41) is 0. The molecule has 0 radical (unpaired) electrons. The molecule has 2 aromatic rings. The normalized spacial score (nSPS) is 10.8. The van der Waals surface area contributed by atoms with Gasteiger partial charge in [-0.2, -0.15) is 0 Å². The minimum Gasteiger partial charge on any atom is -0.494 e. The number of benzene rings is 1. The minimum atomic E-state index is -0.0624. The standard InChI is InChI=1S/C11H11BrN2O2/c1-6(15)11-13-9-8(16-3)5-4-7(12)10(9)14(11)2/h4-5H,1-3H3. The number of nitrogens with zero attached hydrogens (tertiary/aromatic N) is 2. The molecule has 4 nitrogen and oxygen atoms in total. The second-order valence-corrected chi connectivity index (χ2v) is 4.35. The number of imidazole rings is 1. The first-order valence-corrected chi connectivity index (χ1v) is 5.55. The third kappa shape index (κ3) is 1.51. The quantitative estimate of drug-likeness (QED) is 0.795. The monoisotopic (exact) mass is 282 g/mol. The number of ether oxygens (including phenoxy) is 1. The van der Waals surface area contributed by atoms with E-state index in [1.165, 1.54) is 6.92 Å². The van der Waals surface area contributed by atoms with E-state index in [-0.39, 0.29) is 5.78 Å². The molecule has 0 N–H and O–H groups in total. The van der Waals surface area contributed by atoms with E-state index in [0.29, 0.717) is 17.1 Å². The topological polar surface area (TPSA) is 44.1 Å². The van der Waals surface area contributed by atoms with E-state index < -0.39 is 0 Å². The van der Waals surface area contributed by atoms with Gasteiger partial charge in [-0.1, -0.05) is 0 Å². The first-order valence-electron chi connectivity index (χ1n) is 4.76. The summed E-state index contributed by atoms with van der Waals surface area (Å²) in [4.78, 5) is 15.7. The van der Waals surface area contributed by atoms with E-state index in [9.17, 15) is 4.79 Å². The highest BCUT2D eigenvalue weighted by Crippen LogP contribution is 2.31. The lowest BCUT2D eigenvalue weighted by atomic mass is 10.3. The number of aryl methyl sites for hydroxylation is 1. The van der Waals surface area contributed by atoms with E-state index in [1.807, 2.05) is 19.2 Å². The van der Waals surface area contributed by atoms with Gasteiger partial charge in [0.1, 0.15) is 11.3 Å². The average molecular weight is 283 g/mol. The van der Waals surface area contributed by atoms with E-state index in [0.717, 1.165) is 9.99 Å². The highest BCUT2D eigenvalue weighted by Gasteiger charge is 2.16. The van der Waals surface area contributed by atoms with E-state index in [4.69, 9.17) is 4.74 Å². The smallest absolute Gasteiger partial charge is 0.195 e. The minimum absolute atomic E-state index is 0.0624. The Balaban J connectivity index is 2.89. The maximum absolute atomic E-state index is 11.4. The van der Waals surface area contributed by atoms with Crippen molar-refractivity contribution >= 4 is 32.7 Å². The number of Topliss-reactive ketones (excluding diaryl/α,β-unsaturated/α-hetero) is 1. The van der Waals surface area contributed by atoms with Crippen molar-refractivity contribution in [3.8, 4) is 5.75 Å². The fraction of sp³-hybridized carbons (Fsp3) is 0.273. The maximum Gasteiger partial charge on any atom is 0.195 e. The molecule has 5 heteroatoms. The highest BCUT2D eigenvalue weighted by molar-refractivity contribution is 9.10. The van der Waals surface area contributed by atoms with Gasteiger partial charge in [-0.15, -0.1) is 0 Å². The molecule has 0 saturated carbocycles. The summed E-state index contributed by atoms with van der Waals surface area (Å²) in [6, 6.07) is 3.70. The number of rotatable bonds is 2. The lowest BCUT2D eigenvalue weighted by Gasteiger charge is -2.03. The van der Waals surface area contributed by atoms with Crippen LogP contribution < -0.4 is 4.74 Å². The van der Waals surface area contributed by atoms with Crippen LogP contribution in [0.1, 0.15) is 17.5 Å². The zero-order valence-electron chi connectivity index (χ0n) is 9.24. The average Bonchev–Trinajstić information content (AvgIpc) is 2.58. The van der Waals surface area contributed by atoms with Gasteiger partial charge in [0.25, 0.3) is 0 Å². The zero-order valence-corrected chi connectivity index (χ0v) is 10.8. The molecule has 1 aromatic carbocycles. The van der Waals surface area contributed by atoms with Crippen molar-refractivity contribution < 1.29 is 9.53 Å². The van der Waals surface area contributed by atoms with Crippen molar-refractivity contribution in [3.05, 3.63) is 22.4 Å². The maximum atomic E-state index is 11.4. The van der Waals surface area contributed by atoms with Gasteiger partial charge in [-0.05, 0) is 28.1 Å². The van der Waals surface area contributed by atoms with Crippen LogP contribution in [0.3, 0.4) is 0 Å². The van der Waals surface area contributed by atoms with Crippen LogP contribution in [-0.2, 0) is 7.05 Å². The number of halogens is 1. The van der Waals surface area contributed by atoms with Crippen molar-refractivity contribution in [2.75, 3.05) is 7.11 Å². The number of fused-ring (bicyclic) bond motifs is 1. The zero-order chi connectivity index (χ0) is 11.9. The van der Waals surface area contributed by atoms with Gasteiger partial charge in [0.15, 0.2) is 11.6 Å². The fourth-order valence-electron chi connectivity index (χ4n) is 1.73. The van der Waals surface area contributed by atoms with Gasteiger partial charge in [0.05, 0.1) is 12.6 Å². The van der Waals surface area contributed by atoms with Crippen molar-refractivity contribution in [2.24, 2.45) is 7.05 Å². The van der Waals surface area contributed by atoms with Gasteiger partial charge < -0.3 is 9.30 Å². The number of methoxy groups -OCH3 is 1. The Hall–Kier alpha value is -1.36. The van der Waals surface area contributed by atoms with E-state index in [2.05, 4.69) is 20.9 Å². The Morgan fingerprint density at radius 2 is 2.19 bits per heavy atom. The molecule has 0 fully saturated rings. The summed E-state index contributed by atoms with van der Waals surface area (Å²) in [6.07, 6.45) is 0. The summed E-state index contributed by atoms with van der Waals surface area (Å²) in [5.74, 6) is 1.04. The van der Waals surface area contributed by atoms with Gasteiger partial charge in [-0.25, -0.2) is 4.98 Å². The lowest BCUT2D eigenvalue weighted by Crippen LogP contribution is -2.02. The molecule has 0 unspecified atom stereocenters. The molecule has 0 aliphatic rings. The van der Waals surface area contributed by atoms with Crippen LogP contribution >= 0.6 is 15.9 Å². The predicted molar refractivity (Wildman–Crippen MR) is 65.0 cm³/mol. The van der Waals surface area contributed by atoms with Crippen molar-refractivity contribution in [1.29, 1.82) is 0 Å². The first kappa shape index (κ1) is 11.1. The second-order valence-electron chi connectivity index (χ2n) is 3.50. The molecule has 1 heterocycles. The molecule has 0 bridgehead atoms. The summed E-state index contributed by atoms with van der Waals surface area (Å²) >= 11 is 3.45. The molecule has 0 saturated heterocycles. The summed E-state index contributed by atoms with van der Waals surface area (Å²) < 4.78 is 7.88. The summed E-state index contributed by atoms with van der Waals surface area (Å²) in [7, 11) is 3.40. The first-order chi connectivity index (χ1) is 7.56. The van der Waals surface area contributed by atoms with Crippen LogP contribution in [0.5, 0.6) is 5.75 Å². The van der Waals surface area contributed by atoms with Crippen LogP contribution in [0.15, 0.2) is 16.6 Å². The number of hydrogen-bond donors (Lipinski definition) is 0. The summed E-state index contributed by atoms with van der Waals surface area (Å²) in [5.41, 5.74) is 1.56. The lowest BCUT2D eigenvalue weighted by molar-refractivity contribution is 0.100. The Kier molecular flexibility index (Phi) is 2.71. The summed E-state index contributed by atoms with van der Waals surface area (Å²) in [6.45, 7) is 1.50. The van der Waals surface area contributed by atoms with E-state index >= 15 is 0 Å². The molecule has 0 aliphatic heterocycles. The van der Waals surface area contributed by atoms with Gasteiger partial charge in [-0.3, -0.25) is 4.79 Å². The second kappa shape index (κ2) is 3.90. The third-order valence-corrected chi connectivity index (χ3v) is 3.11. The van der Waals surface area contributed by atoms with Crippen molar-refractivity contribution in [2.45, 2.75) is 6.92 Å². The molecule has 84 valence electrons. The molecule has 0 aliphatic carbocycles. The van der Waals surface area contributed by atoms with Crippen molar-refractivity contribution in [1.82, 2.24) is 9.55 Å². The van der Waals surface area contributed by atoms with Crippen LogP contribution in [0, 0.1) is 0 Å². The van der Waals surface area contributed by atoms with Crippen LogP contribution in [0.2, 0.25) is 0 Å².